The van der Waals surface area contributed by atoms with Gasteiger partial charge in [-0.25, -0.2) is 4.79 Å². The summed E-state index contributed by atoms with van der Waals surface area (Å²) in [5, 5.41) is 3.41. The van der Waals surface area contributed by atoms with Crippen LogP contribution in [-0.4, -0.2) is 55.7 Å². The first-order valence-electron chi connectivity index (χ1n) is 11.2. The largest absolute Gasteiger partial charge is 0.466 e. The Kier molecular flexibility index (Phi) is 6.38. The van der Waals surface area contributed by atoms with Crippen LogP contribution < -0.4 is 10.2 Å². The molecule has 0 aromatic heterocycles. The number of nitrogens with one attached hydrogen (secondary N) is 1. The minimum atomic E-state index is -0.0749. The van der Waals surface area contributed by atoms with Crippen molar-refractivity contribution in [1.82, 2.24) is 10.2 Å². The van der Waals surface area contributed by atoms with Gasteiger partial charge in [-0.15, -0.1) is 0 Å². The Bertz CT molecular complexity index is 707. The molecule has 4 rings (SSSR count). The highest BCUT2D eigenvalue weighted by atomic mass is 16.5. The number of carbonyl (C=O) groups is 2. The lowest BCUT2D eigenvalue weighted by atomic mass is 9.85. The van der Waals surface area contributed by atoms with E-state index in [2.05, 4.69) is 29.6 Å². The average molecular weight is 400 g/mol. The number of carbonyl (C=O) groups excluding carboxylic acids is 2. The lowest BCUT2D eigenvalue weighted by Crippen LogP contribution is -2.42. The SMILES string of the molecule is CCOC(=O)[C@H]1CC[C@H](N2CCN(c3ccc(C4CCNCC4)cc3)C2=O)CC1. The van der Waals surface area contributed by atoms with Crippen LogP contribution in [0.2, 0.25) is 0 Å². The van der Waals surface area contributed by atoms with E-state index < -0.39 is 0 Å². The fourth-order valence-corrected chi connectivity index (χ4v) is 5.10. The highest BCUT2D eigenvalue weighted by Crippen LogP contribution is 2.32. The molecule has 6 nitrogen and oxygen atoms in total. The molecule has 1 aromatic carbocycles. The molecule has 2 amide bonds. The summed E-state index contributed by atoms with van der Waals surface area (Å²) in [5.41, 5.74) is 2.38. The topological polar surface area (TPSA) is 61.9 Å². The molecule has 29 heavy (non-hydrogen) atoms. The van der Waals surface area contributed by atoms with Crippen molar-refractivity contribution >= 4 is 17.7 Å². The molecule has 2 saturated heterocycles. The quantitative estimate of drug-likeness (QED) is 0.770. The number of esters is 1. The van der Waals surface area contributed by atoms with Gasteiger partial charge in [-0.3, -0.25) is 9.69 Å². The number of hydrogen-bond donors (Lipinski definition) is 1. The molecule has 6 heteroatoms. The molecule has 158 valence electrons. The van der Waals surface area contributed by atoms with E-state index in [1.54, 1.807) is 0 Å². The predicted octanol–water partition coefficient (Wildman–Crippen LogP) is 3.52. The van der Waals surface area contributed by atoms with E-state index >= 15 is 0 Å². The normalized spacial score (nSPS) is 26.0. The number of ether oxygens (including phenoxy) is 1. The lowest BCUT2D eigenvalue weighted by molar-refractivity contribution is -0.149. The number of piperidine rings is 1. The van der Waals surface area contributed by atoms with Crippen LogP contribution in [0.1, 0.15) is 56.9 Å². The molecular formula is C23H33N3O3. The zero-order valence-electron chi connectivity index (χ0n) is 17.4. The molecule has 3 fully saturated rings. The molecule has 0 bridgehead atoms. The maximum atomic E-state index is 13.1. The number of hydrogen-bond acceptors (Lipinski definition) is 4. The van der Waals surface area contributed by atoms with Crippen molar-refractivity contribution in [3.05, 3.63) is 29.8 Å². The highest BCUT2D eigenvalue weighted by molar-refractivity contribution is 5.94. The zero-order valence-corrected chi connectivity index (χ0v) is 17.4. The van der Waals surface area contributed by atoms with Crippen LogP contribution in [-0.2, 0) is 9.53 Å². The monoisotopic (exact) mass is 399 g/mol. The van der Waals surface area contributed by atoms with Crippen molar-refractivity contribution in [2.24, 2.45) is 5.92 Å². The minimum absolute atomic E-state index is 0.00235. The first-order valence-corrected chi connectivity index (χ1v) is 11.2. The fourth-order valence-electron chi connectivity index (χ4n) is 5.10. The lowest BCUT2D eigenvalue weighted by Gasteiger charge is -2.33. The number of benzene rings is 1. The van der Waals surface area contributed by atoms with E-state index in [4.69, 9.17) is 4.74 Å². The number of nitrogens with zero attached hydrogens (tertiary/aromatic N) is 2. The minimum Gasteiger partial charge on any atom is -0.466 e. The summed E-state index contributed by atoms with van der Waals surface area (Å²) in [6.07, 6.45) is 5.78. The van der Waals surface area contributed by atoms with Crippen LogP contribution in [0.5, 0.6) is 0 Å². The van der Waals surface area contributed by atoms with Gasteiger partial charge in [-0.1, -0.05) is 12.1 Å². The molecule has 0 unspecified atom stereocenters. The third-order valence-corrected chi connectivity index (χ3v) is 6.81. The van der Waals surface area contributed by atoms with Crippen molar-refractivity contribution in [2.45, 2.75) is 57.4 Å². The van der Waals surface area contributed by atoms with Gasteiger partial charge in [0.05, 0.1) is 12.5 Å². The Balaban J connectivity index is 1.34. The molecule has 0 spiro atoms. The van der Waals surface area contributed by atoms with Gasteiger partial charge < -0.3 is 15.0 Å². The first-order chi connectivity index (χ1) is 14.2. The van der Waals surface area contributed by atoms with Crippen molar-refractivity contribution < 1.29 is 14.3 Å². The van der Waals surface area contributed by atoms with Crippen LogP contribution in [0.4, 0.5) is 10.5 Å². The third-order valence-electron chi connectivity index (χ3n) is 6.81. The van der Waals surface area contributed by atoms with E-state index in [1.807, 2.05) is 16.7 Å². The number of urea groups is 1. The van der Waals surface area contributed by atoms with Gasteiger partial charge in [0.2, 0.25) is 0 Å². The zero-order chi connectivity index (χ0) is 20.2. The number of rotatable bonds is 5. The van der Waals surface area contributed by atoms with Crippen LogP contribution in [0.3, 0.4) is 0 Å². The summed E-state index contributed by atoms with van der Waals surface area (Å²) in [5.74, 6) is 0.558. The van der Waals surface area contributed by atoms with Gasteiger partial charge in [0.25, 0.3) is 0 Å². The van der Waals surface area contributed by atoms with Crippen LogP contribution in [0, 0.1) is 5.92 Å². The average Bonchev–Trinajstić information content (AvgIpc) is 3.16. The Morgan fingerprint density at radius 3 is 2.38 bits per heavy atom. The summed E-state index contributed by atoms with van der Waals surface area (Å²) in [6.45, 7) is 5.97. The van der Waals surface area contributed by atoms with Crippen molar-refractivity contribution in [2.75, 3.05) is 37.7 Å². The summed E-state index contributed by atoms with van der Waals surface area (Å²) >= 11 is 0. The molecule has 0 atom stereocenters. The highest BCUT2D eigenvalue weighted by Gasteiger charge is 2.37. The Morgan fingerprint density at radius 1 is 1.03 bits per heavy atom. The molecule has 1 N–H and O–H groups in total. The summed E-state index contributed by atoms with van der Waals surface area (Å²) in [4.78, 5) is 28.9. The van der Waals surface area contributed by atoms with E-state index in [1.165, 1.54) is 18.4 Å². The molecule has 0 radical (unpaired) electrons. The standard InChI is InChI=1S/C23H33N3O3/c1-2-29-22(27)19-5-9-21(10-6-19)26-16-15-25(23(26)28)20-7-3-17(4-8-20)18-11-13-24-14-12-18/h3-4,7-8,18-19,21,24H,2,5-6,9-16H2,1H3/t19-,21-. The second-order valence-corrected chi connectivity index (χ2v) is 8.50. The van der Waals surface area contributed by atoms with Crippen molar-refractivity contribution in [3.63, 3.8) is 0 Å². The first kappa shape index (κ1) is 20.2. The van der Waals surface area contributed by atoms with Crippen LogP contribution in [0.25, 0.3) is 0 Å². The van der Waals surface area contributed by atoms with E-state index in [-0.39, 0.29) is 24.0 Å². The molecule has 2 aliphatic heterocycles. The molecule has 2 heterocycles. The molecule has 1 aromatic rings. The molecule has 1 aliphatic carbocycles. The van der Waals surface area contributed by atoms with Gasteiger partial charge in [0.1, 0.15) is 0 Å². The van der Waals surface area contributed by atoms with Crippen molar-refractivity contribution in [3.8, 4) is 0 Å². The fraction of sp³-hybridized carbons (Fsp3) is 0.652. The second kappa shape index (κ2) is 9.16. The van der Waals surface area contributed by atoms with E-state index in [0.717, 1.165) is 57.5 Å². The predicted molar refractivity (Wildman–Crippen MR) is 113 cm³/mol. The van der Waals surface area contributed by atoms with E-state index in [9.17, 15) is 9.59 Å². The smallest absolute Gasteiger partial charge is 0.324 e. The van der Waals surface area contributed by atoms with Gasteiger partial charge in [0.15, 0.2) is 0 Å². The van der Waals surface area contributed by atoms with E-state index in [0.29, 0.717) is 12.5 Å². The number of anilines is 1. The van der Waals surface area contributed by atoms with Gasteiger partial charge in [0, 0.05) is 24.8 Å². The summed E-state index contributed by atoms with van der Waals surface area (Å²) in [6, 6.07) is 8.97. The summed E-state index contributed by atoms with van der Waals surface area (Å²) < 4.78 is 5.16. The molecule has 1 saturated carbocycles. The van der Waals surface area contributed by atoms with Gasteiger partial charge in [-0.05, 0) is 82.2 Å². The maximum absolute atomic E-state index is 13.1. The Morgan fingerprint density at radius 2 is 1.72 bits per heavy atom. The maximum Gasteiger partial charge on any atom is 0.324 e. The van der Waals surface area contributed by atoms with Crippen molar-refractivity contribution in [1.29, 1.82) is 0 Å². The number of amides is 2. The van der Waals surface area contributed by atoms with Gasteiger partial charge >= 0.3 is 12.0 Å². The molecule has 3 aliphatic rings. The van der Waals surface area contributed by atoms with Crippen LogP contribution >= 0.6 is 0 Å². The van der Waals surface area contributed by atoms with Crippen LogP contribution in [0.15, 0.2) is 24.3 Å². The summed E-state index contributed by atoms with van der Waals surface area (Å²) in [7, 11) is 0. The second-order valence-electron chi connectivity index (χ2n) is 8.50. The molecular weight excluding hydrogens is 366 g/mol. The Labute approximate surface area is 173 Å². The van der Waals surface area contributed by atoms with Gasteiger partial charge in [-0.2, -0.15) is 0 Å². The third kappa shape index (κ3) is 4.42. The Hall–Kier alpha value is -2.08.